The van der Waals surface area contributed by atoms with E-state index in [0.717, 1.165) is 5.69 Å². The molecule has 118 valence electrons. The van der Waals surface area contributed by atoms with Crippen LogP contribution >= 0.6 is 0 Å². The van der Waals surface area contributed by atoms with Gasteiger partial charge in [-0.05, 0) is 18.2 Å². The SMILES string of the molecule is O=[N+]([O-])c1ccc(O)c(Cn2c[n+](-c3ccccc3)cn2)c1.[Cl-]. The summed E-state index contributed by atoms with van der Waals surface area (Å²) in [5, 5.41) is 24.8. The number of benzene rings is 2. The van der Waals surface area contributed by atoms with Crippen LogP contribution in [-0.4, -0.2) is 19.8 Å². The molecule has 0 spiro atoms. The van der Waals surface area contributed by atoms with Crippen molar-refractivity contribution in [3.63, 3.8) is 0 Å². The molecule has 1 N–H and O–H groups in total. The summed E-state index contributed by atoms with van der Waals surface area (Å²) in [7, 11) is 0. The molecule has 1 heterocycles. The number of hydrogen-bond donors (Lipinski definition) is 1. The molecule has 0 unspecified atom stereocenters. The molecule has 3 aromatic rings. The van der Waals surface area contributed by atoms with Gasteiger partial charge in [0.1, 0.15) is 18.0 Å². The Labute approximate surface area is 138 Å². The van der Waals surface area contributed by atoms with Gasteiger partial charge in [-0.3, -0.25) is 10.1 Å². The first-order valence-corrected chi connectivity index (χ1v) is 6.59. The average Bonchev–Trinajstić information content (AvgIpc) is 2.99. The van der Waals surface area contributed by atoms with Crippen LogP contribution in [-0.2, 0) is 6.54 Å². The van der Waals surface area contributed by atoms with E-state index in [4.69, 9.17) is 0 Å². The van der Waals surface area contributed by atoms with Crippen molar-refractivity contribution >= 4 is 5.69 Å². The van der Waals surface area contributed by atoms with Crippen molar-refractivity contribution in [1.29, 1.82) is 0 Å². The Balaban J connectivity index is 0.00000192. The highest BCUT2D eigenvalue weighted by Crippen LogP contribution is 2.23. The van der Waals surface area contributed by atoms with Crippen molar-refractivity contribution in [1.82, 2.24) is 9.78 Å². The standard InChI is InChI=1S/C15H12N4O3.ClH/c20-15-7-6-14(19(21)22)8-12(15)9-18-11-17(10-16-18)13-4-2-1-3-5-13;/h1-8,10-11H,9H2;1H. The fourth-order valence-corrected chi connectivity index (χ4v) is 2.13. The first kappa shape index (κ1) is 16.4. The van der Waals surface area contributed by atoms with Crippen LogP contribution in [0.4, 0.5) is 5.69 Å². The summed E-state index contributed by atoms with van der Waals surface area (Å²) in [6.07, 6.45) is 3.40. The summed E-state index contributed by atoms with van der Waals surface area (Å²) in [5.41, 5.74) is 1.34. The maximum Gasteiger partial charge on any atom is 0.270 e. The minimum Gasteiger partial charge on any atom is -1.00 e. The van der Waals surface area contributed by atoms with Crippen LogP contribution in [0.1, 0.15) is 5.56 Å². The molecule has 3 rings (SSSR count). The minimum absolute atomic E-state index is 0. The zero-order valence-electron chi connectivity index (χ0n) is 11.9. The predicted octanol–water partition coefficient (Wildman–Crippen LogP) is -1.17. The second-order valence-electron chi connectivity index (χ2n) is 4.76. The summed E-state index contributed by atoms with van der Waals surface area (Å²) < 4.78 is 3.43. The van der Waals surface area contributed by atoms with Gasteiger partial charge >= 0.3 is 0 Å². The number of para-hydroxylation sites is 1. The molecule has 0 atom stereocenters. The number of halogens is 1. The van der Waals surface area contributed by atoms with Gasteiger partial charge in [0.05, 0.1) is 4.92 Å². The molecule has 0 amide bonds. The molecule has 0 fully saturated rings. The van der Waals surface area contributed by atoms with E-state index in [0.29, 0.717) is 5.56 Å². The van der Waals surface area contributed by atoms with Crippen molar-refractivity contribution < 1.29 is 27.0 Å². The van der Waals surface area contributed by atoms with E-state index < -0.39 is 4.92 Å². The number of non-ortho nitro benzene ring substituents is 1. The maximum absolute atomic E-state index is 10.8. The Hall–Kier alpha value is -2.93. The highest BCUT2D eigenvalue weighted by Gasteiger charge is 2.14. The number of phenols is 1. The van der Waals surface area contributed by atoms with Crippen LogP contribution in [0.25, 0.3) is 5.69 Å². The van der Waals surface area contributed by atoms with Crippen LogP contribution in [0.2, 0.25) is 0 Å². The zero-order valence-corrected chi connectivity index (χ0v) is 12.7. The second-order valence-corrected chi connectivity index (χ2v) is 4.76. The van der Waals surface area contributed by atoms with E-state index in [-0.39, 0.29) is 30.4 Å². The topological polar surface area (TPSA) is 85.1 Å². The van der Waals surface area contributed by atoms with E-state index >= 15 is 0 Å². The lowest BCUT2D eigenvalue weighted by Gasteiger charge is -2.00. The Kier molecular flexibility index (Phi) is 4.92. The summed E-state index contributed by atoms with van der Waals surface area (Å²) >= 11 is 0. The van der Waals surface area contributed by atoms with Crippen molar-refractivity contribution in [3.05, 3.63) is 76.9 Å². The lowest BCUT2D eigenvalue weighted by molar-refractivity contribution is -0.596. The normalized spacial score (nSPS) is 10.1. The maximum atomic E-state index is 10.8. The van der Waals surface area contributed by atoms with E-state index in [9.17, 15) is 15.2 Å². The quantitative estimate of drug-likeness (QED) is 0.370. The van der Waals surface area contributed by atoms with Gasteiger partial charge in [0, 0.05) is 22.8 Å². The van der Waals surface area contributed by atoms with Crippen molar-refractivity contribution in [2.75, 3.05) is 0 Å². The number of aromatic nitrogens is 3. The largest absolute Gasteiger partial charge is 1.00 e. The number of phenolic OH excluding ortho intramolecular Hbond substituents is 1. The van der Waals surface area contributed by atoms with Gasteiger partial charge in [0.25, 0.3) is 12.0 Å². The summed E-state index contributed by atoms with van der Waals surface area (Å²) in [6.45, 7) is 0.243. The molecular weight excluding hydrogens is 320 g/mol. The Bertz CT molecular complexity index is 821. The van der Waals surface area contributed by atoms with Crippen molar-refractivity contribution in [3.8, 4) is 11.4 Å². The number of hydrogen-bond acceptors (Lipinski definition) is 4. The third-order valence-corrected chi connectivity index (χ3v) is 3.24. The van der Waals surface area contributed by atoms with Crippen molar-refractivity contribution in [2.24, 2.45) is 0 Å². The molecule has 0 saturated heterocycles. The molecule has 23 heavy (non-hydrogen) atoms. The van der Waals surface area contributed by atoms with Crippen LogP contribution in [0.5, 0.6) is 5.75 Å². The highest BCUT2D eigenvalue weighted by atomic mass is 35.5. The smallest absolute Gasteiger partial charge is 0.270 e. The van der Waals surface area contributed by atoms with Crippen LogP contribution in [0.15, 0.2) is 61.2 Å². The predicted molar refractivity (Wildman–Crippen MR) is 77.6 cm³/mol. The van der Waals surface area contributed by atoms with E-state index in [1.54, 1.807) is 17.3 Å². The number of nitro benzene ring substituents is 1. The third-order valence-electron chi connectivity index (χ3n) is 3.24. The highest BCUT2D eigenvalue weighted by molar-refractivity contribution is 5.43. The van der Waals surface area contributed by atoms with Gasteiger partial charge < -0.3 is 17.5 Å². The molecule has 8 heteroatoms. The zero-order chi connectivity index (χ0) is 15.5. The monoisotopic (exact) mass is 332 g/mol. The molecule has 0 aliphatic heterocycles. The number of rotatable bonds is 4. The molecular formula is C15H13ClN4O3. The third kappa shape index (κ3) is 3.64. The van der Waals surface area contributed by atoms with Gasteiger partial charge in [-0.25, -0.2) is 4.57 Å². The number of aromatic hydroxyl groups is 1. The average molecular weight is 333 g/mol. The molecule has 0 saturated carbocycles. The minimum atomic E-state index is -0.490. The number of nitro groups is 1. The lowest BCUT2D eigenvalue weighted by Crippen LogP contribution is -3.00. The van der Waals surface area contributed by atoms with E-state index in [2.05, 4.69) is 5.10 Å². The number of nitrogens with zero attached hydrogens (tertiary/aromatic N) is 4. The van der Waals surface area contributed by atoms with Crippen molar-refractivity contribution in [2.45, 2.75) is 6.54 Å². The van der Waals surface area contributed by atoms with Crippen LogP contribution in [0, 0.1) is 10.1 Å². The second kappa shape index (κ2) is 6.89. The lowest BCUT2D eigenvalue weighted by atomic mass is 10.2. The summed E-state index contributed by atoms with van der Waals surface area (Å²) in [4.78, 5) is 10.3. The van der Waals surface area contributed by atoms with Crippen LogP contribution < -0.4 is 17.0 Å². The molecule has 0 aliphatic rings. The van der Waals surface area contributed by atoms with Gasteiger partial charge in [0.2, 0.25) is 6.33 Å². The molecule has 0 radical (unpaired) electrons. The molecule has 2 aromatic carbocycles. The molecule has 0 bridgehead atoms. The Morgan fingerprint density at radius 2 is 1.96 bits per heavy atom. The van der Waals surface area contributed by atoms with Crippen LogP contribution in [0.3, 0.4) is 0 Å². The molecule has 0 aliphatic carbocycles. The summed E-state index contributed by atoms with van der Waals surface area (Å²) in [5.74, 6) is 0.00682. The fraction of sp³-hybridized carbons (Fsp3) is 0.0667. The van der Waals surface area contributed by atoms with Gasteiger partial charge in [0.15, 0.2) is 0 Å². The van der Waals surface area contributed by atoms with Gasteiger partial charge in [-0.2, -0.15) is 0 Å². The first-order chi connectivity index (χ1) is 10.6. The van der Waals surface area contributed by atoms with E-state index in [1.807, 2.05) is 34.9 Å². The molecule has 1 aromatic heterocycles. The van der Waals surface area contributed by atoms with E-state index in [1.165, 1.54) is 18.2 Å². The molecule has 7 nitrogen and oxygen atoms in total. The van der Waals surface area contributed by atoms with Gasteiger partial charge in [-0.1, -0.05) is 18.2 Å². The van der Waals surface area contributed by atoms with Gasteiger partial charge in [-0.15, -0.1) is 4.68 Å². The fourth-order valence-electron chi connectivity index (χ4n) is 2.13. The first-order valence-electron chi connectivity index (χ1n) is 6.59. The summed E-state index contributed by atoms with van der Waals surface area (Å²) in [6, 6.07) is 13.6. The Morgan fingerprint density at radius 1 is 1.22 bits per heavy atom. The Morgan fingerprint density at radius 3 is 2.65 bits per heavy atom.